The quantitative estimate of drug-likeness (QED) is 0.920. The second kappa shape index (κ2) is 5.18. The van der Waals surface area contributed by atoms with Crippen LogP contribution in [0.15, 0.2) is 28.7 Å². The van der Waals surface area contributed by atoms with Crippen LogP contribution in [0.5, 0.6) is 0 Å². The lowest BCUT2D eigenvalue weighted by Crippen LogP contribution is -2.14. The van der Waals surface area contributed by atoms with Gasteiger partial charge in [0.1, 0.15) is 5.92 Å². The van der Waals surface area contributed by atoms with Crippen molar-refractivity contribution in [2.75, 3.05) is 0 Å². The van der Waals surface area contributed by atoms with Crippen molar-refractivity contribution < 1.29 is 14.3 Å². The highest BCUT2D eigenvalue weighted by molar-refractivity contribution is 6.30. The Bertz CT molecular complexity index is 551. The first kappa shape index (κ1) is 12.6. The lowest BCUT2D eigenvalue weighted by Gasteiger charge is -2.07. The third kappa shape index (κ3) is 2.87. The molecule has 0 radical (unpaired) electrons. The van der Waals surface area contributed by atoms with Crippen molar-refractivity contribution in [1.82, 2.24) is 10.2 Å². The number of nitrogens with zero attached hydrogens (tertiary/aromatic N) is 2. The molecule has 5 nitrogen and oxygen atoms in total. The van der Waals surface area contributed by atoms with E-state index in [0.717, 1.165) is 5.56 Å². The van der Waals surface area contributed by atoms with Gasteiger partial charge in [0.05, 0.1) is 0 Å². The monoisotopic (exact) mass is 266 g/mol. The van der Waals surface area contributed by atoms with Crippen molar-refractivity contribution in [3.63, 3.8) is 0 Å². The van der Waals surface area contributed by atoms with E-state index in [0.29, 0.717) is 10.9 Å². The molecule has 1 N–H and O–H groups in total. The summed E-state index contributed by atoms with van der Waals surface area (Å²) >= 11 is 5.77. The van der Waals surface area contributed by atoms with Gasteiger partial charge in [0.2, 0.25) is 11.8 Å². The predicted molar refractivity (Wildman–Crippen MR) is 64.6 cm³/mol. The van der Waals surface area contributed by atoms with Gasteiger partial charge in [-0.25, -0.2) is 0 Å². The van der Waals surface area contributed by atoms with Crippen LogP contribution >= 0.6 is 11.6 Å². The molecule has 1 heterocycles. The number of hydrogen-bond acceptors (Lipinski definition) is 4. The van der Waals surface area contributed by atoms with Crippen molar-refractivity contribution in [2.24, 2.45) is 0 Å². The average Bonchev–Trinajstić information content (AvgIpc) is 2.74. The minimum Gasteiger partial charge on any atom is -0.481 e. The second-order valence-corrected chi connectivity index (χ2v) is 4.32. The average molecular weight is 267 g/mol. The van der Waals surface area contributed by atoms with Gasteiger partial charge < -0.3 is 9.52 Å². The van der Waals surface area contributed by atoms with E-state index in [1.54, 1.807) is 31.2 Å². The lowest BCUT2D eigenvalue weighted by molar-refractivity contribution is -0.139. The fraction of sp³-hybridized carbons (Fsp3) is 0.250. The Morgan fingerprint density at radius 2 is 2.06 bits per heavy atom. The first-order valence-corrected chi connectivity index (χ1v) is 5.71. The molecule has 18 heavy (non-hydrogen) atoms. The molecular formula is C12H11ClN2O3. The number of benzene rings is 1. The fourth-order valence-electron chi connectivity index (χ4n) is 1.59. The molecule has 1 aromatic heterocycles. The minimum atomic E-state index is -0.992. The number of halogens is 1. The smallest absolute Gasteiger partial charge is 0.316 e. The maximum absolute atomic E-state index is 11.2. The highest BCUT2D eigenvalue weighted by atomic mass is 35.5. The van der Waals surface area contributed by atoms with Crippen molar-refractivity contribution in [2.45, 2.75) is 19.3 Å². The summed E-state index contributed by atoms with van der Waals surface area (Å²) in [5.41, 5.74) is 0.850. The van der Waals surface area contributed by atoms with Crippen LogP contribution in [-0.4, -0.2) is 21.3 Å². The molecule has 1 aromatic carbocycles. The van der Waals surface area contributed by atoms with E-state index in [-0.39, 0.29) is 12.3 Å². The summed E-state index contributed by atoms with van der Waals surface area (Å²) in [5.74, 6) is -1.36. The van der Waals surface area contributed by atoms with Gasteiger partial charge in [0, 0.05) is 11.9 Å². The Balaban J connectivity index is 2.22. The number of hydrogen-bond donors (Lipinski definition) is 1. The Hall–Kier alpha value is -1.88. The number of aryl methyl sites for hydroxylation is 1. The number of carboxylic acid groups (broad SMARTS) is 1. The number of rotatable bonds is 4. The minimum absolute atomic E-state index is 0.120. The van der Waals surface area contributed by atoms with E-state index in [4.69, 9.17) is 16.0 Å². The van der Waals surface area contributed by atoms with E-state index < -0.39 is 11.9 Å². The molecule has 1 unspecified atom stereocenters. The summed E-state index contributed by atoms with van der Waals surface area (Å²) in [7, 11) is 0. The SMILES string of the molecule is Cc1nnc(C(Cc2ccc(Cl)cc2)C(=O)O)o1. The van der Waals surface area contributed by atoms with Crippen LogP contribution in [0.4, 0.5) is 0 Å². The highest BCUT2D eigenvalue weighted by Gasteiger charge is 2.25. The van der Waals surface area contributed by atoms with Crippen LogP contribution < -0.4 is 0 Å². The molecule has 1 atom stereocenters. The van der Waals surface area contributed by atoms with Crippen LogP contribution in [-0.2, 0) is 11.2 Å². The molecule has 0 saturated heterocycles. The molecule has 2 aromatic rings. The van der Waals surface area contributed by atoms with Crippen LogP contribution in [0.3, 0.4) is 0 Å². The molecule has 0 spiro atoms. The summed E-state index contributed by atoms with van der Waals surface area (Å²) in [6, 6.07) is 6.99. The molecule has 0 bridgehead atoms. The van der Waals surface area contributed by atoms with E-state index in [1.165, 1.54) is 0 Å². The van der Waals surface area contributed by atoms with Gasteiger partial charge in [-0.2, -0.15) is 0 Å². The number of carboxylic acids is 1. The van der Waals surface area contributed by atoms with Crippen molar-refractivity contribution >= 4 is 17.6 Å². The van der Waals surface area contributed by atoms with Crippen molar-refractivity contribution in [1.29, 1.82) is 0 Å². The zero-order valence-corrected chi connectivity index (χ0v) is 10.4. The topological polar surface area (TPSA) is 76.2 Å². The number of aromatic nitrogens is 2. The Morgan fingerprint density at radius 3 is 2.56 bits per heavy atom. The lowest BCUT2D eigenvalue weighted by atomic mass is 9.99. The Labute approximate surface area is 108 Å². The first-order valence-electron chi connectivity index (χ1n) is 5.33. The summed E-state index contributed by atoms with van der Waals surface area (Å²) < 4.78 is 5.17. The van der Waals surface area contributed by atoms with Gasteiger partial charge in [0.25, 0.3) is 0 Å². The van der Waals surface area contributed by atoms with Crippen LogP contribution in [0.25, 0.3) is 0 Å². The van der Waals surface area contributed by atoms with Gasteiger partial charge in [-0.3, -0.25) is 4.79 Å². The van der Waals surface area contributed by atoms with E-state index in [1.807, 2.05) is 0 Å². The van der Waals surface area contributed by atoms with Gasteiger partial charge in [-0.1, -0.05) is 23.7 Å². The summed E-state index contributed by atoms with van der Waals surface area (Å²) in [6.45, 7) is 1.62. The Morgan fingerprint density at radius 1 is 1.39 bits per heavy atom. The zero-order chi connectivity index (χ0) is 13.1. The zero-order valence-electron chi connectivity index (χ0n) is 9.63. The van der Waals surface area contributed by atoms with Gasteiger partial charge >= 0.3 is 5.97 Å². The molecule has 0 fully saturated rings. The van der Waals surface area contributed by atoms with Crippen LogP contribution in [0.2, 0.25) is 5.02 Å². The maximum atomic E-state index is 11.2. The standard InChI is InChI=1S/C12H11ClN2O3/c1-7-14-15-11(18-7)10(12(16)17)6-8-2-4-9(13)5-3-8/h2-5,10H,6H2,1H3,(H,16,17). The molecular weight excluding hydrogens is 256 g/mol. The van der Waals surface area contributed by atoms with Gasteiger partial charge in [-0.05, 0) is 24.1 Å². The highest BCUT2D eigenvalue weighted by Crippen LogP contribution is 2.21. The van der Waals surface area contributed by atoms with E-state index in [9.17, 15) is 9.90 Å². The van der Waals surface area contributed by atoms with E-state index in [2.05, 4.69) is 10.2 Å². The predicted octanol–water partition coefficient (Wildman–Crippen LogP) is 2.44. The summed E-state index contributed by atoms with van der Waals surface area (Å²) in [4.78, 5) is 11.2. The molecule has 0 aliphatic rings. The number of aliphatic carboxylic acids is 1. The van der Waals surface area contributed by atoms with E-state index >= 15 is 0 Å². The van der Waals surface area contributed by atoms with Crippen LogP contribution in [0.1, 0.15) is 23.3 Å². The van der Waals surface area contributed by atoms with Crippen LogP contribution in [0, 0.1) is 6.92 Å². The largest absolute Gasteiger partial charge is 0.481 e. The molecule has 0 aliphatic heterocycles. The fourth-order valence-corrected chi connectivity index (χ4v) is 1.72. The molecule has 6 heteroatoms. The second-order valence-electron chi connectivity index (χ2n) is 3.88. The molecule has 2 rings (SSSR count). The third-order valence-electron chi connectivity index (χ3n) is 2.49. The first-order chi connectivity index (χ1) is 8.56. The van der Waals surface area contributed by atoms with Gasteiger partial charge in [0.15, 0.2) is 0 Å². The molecule has 0 aliphatic carbocycles. The Kier molecular flexibility index (Phi) is 3.62. The summed E-state index contributed by atoms with van der Waals surface area (Å²) in [5, 5.41) is 17.2. The third-order valence-corrected chi connectivity index (χ3v) is 2.74. The van der Waals surface area contributed by atoms with Crippen molar-refractivity contribution in [3.05, 3.63) is 46.6 Å². The van der Waals surface area contributed by atoms with Gasteiger partial charge in [-0.15, -0.1) is 10.2 Å². The maximum Gasteiger partial charge on any atom is 0.316 e. The molecule has 0 amide bonds. The van der Waals surface area contributed by atoms with Crippen molar-refractivity contribution in [3.8, 4) is 0 Å². The number of carbonyl (C=O) groups is 1. The summed E-state index contributed by atoms with van der Waals surface area (Å²) in [6.07, 6.45) is 0.286. The molecule has 94 valence electrons. The normalized spacial score (nSPS) is 12.3. The molecule has 0 saturated carbocycles.